The SMILES string of the molecule is O=C1C(C(c2ccc(Cl)cc2)c2c(C(F)(F)F)[nH]n(-c3nc4ccccc4s3)c2=O)C(C(F)(F)F)=NN1c1nc2ccccc2s1. The summed E-state index contributed by atoms with van der Waals surface area (Å²) in [6, 6.07) is 17.9. The van der Waals surface area contributed by atoms with E-state index < -0.39 is 52.6 Å². The smallest absolute Gasteiger partial charge is 0.284 e. The summed E-state index contributed by atoms with van der Waals surface area (Å²) in [6.45, 7) is 0. The second-order valence-corrected chi connectivity index (χ2v) is 12.6. The second-order valence-electron chi connectivity index (χ2n) is 10.1. The molecule has 6 aromatic rings. The molecule has 2 unspecified atom stereocenters. The highest BCUT2D eigenvalue weighted by Gasteiger charge is 2.56. The van der Waals surface area contributed by atoms with Gasteiger partial charge in [0, 0.05) is 10.9 Å². The summed E-state index contributed by atoms with van der Waals surface area (Å²) in [6.07, 6.45) is -10.5. The van der Waals surface area contributed by atoms with Crippen LogP contribution in [0.15, 0.2) is 82.7 Å². The maximum Gasteiger partial charge on any atom is 0.433 e. The van der Waals surface area contributed by atoms with Crippen LogP contribution in [-0.4, -0.2) is 37.5 Å². The molecule has 17 heteroatoms. The number of H-pyrrole nitrogens is 1. The van der Waals surface area contributed by atoms with E-state index in [0.29, 0.717) is 30.1 Å². The lowest BCUT2D eigenvalue weighted by Gasteiger charge is -2.25. The average molecular weight is 693 g/mol. The minimum absolute atomic E-state index is 0.123. The zero-order valence-corrected chi connectivity index (χ0v) is 25.0. The fourth-order valence-electron chi connectivity index (χ4n) is 5.33. The van der Waals surface area contributed by atoms with E-state index in [1.54, 1.807) is 48.5 Å². The lowest BCUT2D eigenvalue weighted by Crippen LogP contribution is -2.39. The number of rotatable bonds is 5. The molecule has 0 saturated heterocycles. The number of nitrogens with one attached hydrogen (secondary N) is 1. The Balaban J connectivity index is 1.47. The van der Waals surface area contributed by atoms with Gasteiger partial charge in [0.05, 0.1) is 26.0 Å². The van der Waals surface area contributed by atoms with E-state index in [1.165, 1.54) is 24.3 Å². The molecule has 234 valence electrons. The van der Waals surface area contributed by atoms with Crippen LogP contribution in [0.25, 0.3) is 25.6 Å². The molecule has 3 aromatic carbocycles. The van der Waals surface area contributed by atoms with Gasteiger partial charge in [0.25, 0.3) is 11.5 Å². The number of amides is 1. The summed E-state index contributed by atoms with van der Waals surface area (Å²) in [5.74, 6) is -5.83. The first-order valence-electron chi connectivity index (χ1n) is 13.2. The Bertz CT molecular complexity index is 2170. The molecule has 7 rings (SSSR count). The Morgan fingerprint density at radius 3 is 1.91 bits per heavy atom. The molecule has 4 heterocycles. The second kappa shape index (κ2) is 10.8. The zero-order chi connectivity index (χ0) is 32.5. The molecule has 0 bridgehead atoms. The highest BCUT2D eigenvalue weighted by atomic mass is 35.5. The summed E-state index contributed by atoms with van der Waals surface area (Å²) < 4.78 is 89.8. The number of nitrogens with zero attached hydrogens (tertiary/aromatic N) is 5. The number of hydrogen-bond acceptors (Lipinski definition) is 7. The number of benzene rings is 3. The van der Waals surface area contributed by atoms with Crippen LogP contribution >= 0.6 is 34.3 Å². The number of thiazole rings is 2. The predicted molar refractivity (Wildman–Crippen MR) is 162 cm³/mol. The fraction of sp³-hybridized carbons (Fsp3) is 0.138. The van der Waals surface area contributed by atoms with Gasteiger partial charge >= 0.3 is 12.4 Å². The van der Waals surface area contributed by atoms with Gasteiger partial charge in [-0.05, 0) is 42.0 Å². The van der Waals surface area contributed by atoms with E-state index in [4.69, 9.17) is 11.6 Å². The number of fused-ring (bicyclic) bond motifs is 2. The number of carbonyl (C=O) groups is 1. The van der Waals surface area contributed by atoms with Crippen molar-refractivity contribution in [3.8, 4) is 5.13 Å². The van der Waals surface area contributed by atoms with Crippen LogP contribution < -0.4 is 10.6 Å². The minimum Gasteiger partial charge on any atom is -0.284 e. The number of hydrogen-bond donors (Lipinski definition) is 1. The zero-order valence-electron chi connectivity index (χ0n) is 22.6. The highest BCUT2D eigenvalue weighted by molar-refractivity contribution is 7.22. The van der Waals surface area contributed by atoms with Gasteiger partial charge in [0.15, 0.2) is 5.71 Å². The molecule has 2 atom stereocenters. The van der Waals surface area contributed by atoms with E-state index in [0.717, 1.165) is 22.7 Å². The van der Waals surface area contributed by atoms with Crippen molar-refractivity contribution in [1.82, 2.24) is 19.7 Å². The van der Waals surface area contributed by atoms with Gasteiger partial charge in [-0.25, -0.2) is 9.97 Å². The molecule has 3 aromatic heterocycles. The average Bonchev–Trinajstić information content (AvgIpc) is 3.77. The maximum absolute atomic E-state index is 14.7. The molecule has 0 radical (unpaired) electrons. The van der Waals surface area contributed by atoms with Crippen molar-refractivity contribution in [2.24, 2.45) is 11.0 Å². The van der Waals surface area contributed by atoms with Gasteiger partial charge in [-0.1, -0.05) is 70.7 Å². The largest absolute Gasteiger partial charge is 0.433 e. The van der Waals surface area contributed by atoms with Crippen molar-refractivity contribution in [1.29, 1.82) is 0 Å². The molecule has 0 fully saturated rings. The van der Waals surface area contributed by atoms with Gasteiger partial charge in [-0.15, -0.1) is 0 Å². The van der Waals surface area contributed by atoms with Crippen molar-refractivity contribution >= 4 is 71.5 Å². The number of aromatic nitrogens is 4. The Morgan fingerprint density at radius 2 is 1.35 bits per heavy atom. The van der Waals surface area contributed by atoms with Crippen LogP contribution in [0.2, 0.25) is 5.02 Å². The third kappa shape index (κ3) is 5.05. The Labute approximate surface area is 266 Å². The van der Waals surface area contributed by atoms with E-state index in [-0.39, 0.29) is 20.8 Å². The summed E-state index contributed by atoms with van der Waals surface area (Å²) in [7, 11) is 0. The predicted octanol–water partition coefficient (Wildman–Crippen LogP) is 7.77. The number of para-hydroxylation sites is 2. The fourth-order valence-corrected chi connectivity index (χ4v) is 7.30. The van der Waals surface area contributed by atoms with E-state index in [2.05, 4.69) is 15.1 Å². The number of anilines is 1. The lowest BCUT2D eigenvalue weighted by atomic mass is 9.77. The molecule has 1 aliphatic heterocycles. The van der Waals surface area contributed by atoms with E-state index >= 15 is 0 Å². The van der Waals surface area contributed by atoms with Crippen LogP contribution in [0.3, 0.4) is 0 Å². The van der Waals surface area contributed by atoms with Gasteiger partial charge in [0.2, 0.25) is 10.3 Å². The first-order valence-corrected chi connectivity index (χ1v) is 15.2. The third-order valence-corrected chi connectivity index (χ3v) is 9.57. The van der Waals surface area contributed by atoms with Crippen LogP contribution in [0.4, 0.5) is 31.5 Å². The number of hydrazone groups is 1. The van der Waals surface area contributed by atoms with Crippen LogP contribution in [0, 0.1) is 5.92 Å². The number of aromatic amines is 1. The molecular weight excluding hydrogens is 678 g/mol. The molecule has 46 heavy (non-hydrogen) atoms. The Morgan fingerprint density at radius 1 is 0.783 bits per heavy atom. The van der Waals surface area contributed by atoms with Crippen LogP contribution in [-0.2, 0) is 11.0 Å². The summed E-state index contributed by atoms with van der Waals surface area (Å²) in [5, 5.41) is 5.76. The maximum atomic E-state index is 14.7. The van der Waals surface area contributed by atoms with Gasteiger partial charge in [0.1, 0.15) is 11.6 Å². The summed E-state index contributed by atoms with van der Waals surface area (Å²) in [4.78, 5) is 36.5. The number of carbonyl (C=O) groups excluding carboxylic acids is 1. The third-order valence-electron chi connectivity index (χ3n) is 7.29. The van der Waals surface area contributed by atoms with Gasteiger partial charge < -0.3 is 0 Å². The normalized spacial score (nSPS) is 16.5. The first-order chi connectivity index (χ1) is 21.8. The van der Waals surface area contributed by atoms with E-state index in [1.807, 2.05) is 5.10 Å². The molecule has 1 amide bonds. The lowest BCUT2D eigenvalue weighted by molar-refractivity contribution is -0.142. The van der Waals surface area contributed by atoms with Gasteiger partial charge in [-0.2, -0.15) is 41.1 Å². The summed E-state index contributed by atoms with van der Waals surface area (Å²) in [5.41, 5.74) is -5.21. The van der Waals surface area contributed by atoms with Crippen LogP contribution in [0.5, 0.6) is 0 Å². The Kier molecular flexibility index (Phi) is 7.06. The van der Waals surface area contributed by atoms with Crippen molar-refractivity contribution in [3.05, 3.63) is 105 Å². The number of alkyl halides is 6. The molecule has 0 spiro atoms. The Hall–Kier alpha value is -4.54. The quantitative estimate of drug-likeness (QED) is 0.187. The topological polar surface area (TPSA) is 96.2 Å². The van der Waals surface area contributed by atoms with Gasteiger partial charge in [-0.3, -0.25) is 14.7 Å². The first kappa shape index (κ1) is 30.1. The minimum atomic E-state index is -5.28. The van der Waals surface area contributed by atoms with Crippen molar-refractivity contribution in [3.63, 3.8) is 0 Å². The van der Waals surface area contributed by atoms with E-state index in [9.17, 15) is 35.9 Å². The highest BCUT2D eigenvalue weighted by Crippen LogP contribution is 2.46. The molecule has 0 saturated carbocycles. The molecule has 1 N–H and O–H groups in total. The number of halogens is 7. The van der Waals surface area contributed by atoms with Crippen molar-refractivity contribution < 1.29 is 31.1 Å². The molecule has 1 aliphatic rings. The van der Waals surface area contributed by atoms with Crippen LogP contribution in [0.1, 0.15) is 22.7 Å². The monoisotopic (exact) mass is 692 g/mol. The molecule has 0 aliphatic carbocycles. The van der Waals surface area contributed by atoms with Crippen molar-refractivity contribution in [2.45, 2.75) is 18.3 Å². The van der Waals surface area contributed by atoms with Crippen molar-refractivity contribution in [2.75, 3.05) is 5.01 Å². The summed E-state index contributed by atoms with van der Waals surface area (Å²) >= 11 is 7.78. The standard InChI is InChI=1S/C29H15ClF6N6O2S2/c30-14-11-9-13(10-12-14)19(20-22(28(31,32)33)39-41(24(20)43)26-37-15-5-1-3-7-17(15)45-26)21-23(29(34,35)36)40-42(25(21)44)27-38-16-6-2-4-8-18(16)46-27/h1-12,19-20,40H. The molecular formula is C29H15ClF6N6O2S2. The molecule has 8 nitrogen and oxygen atoms in total.